The zero-order chi connectivity index (χ0) is 17.2. The molecule has 0 radical (unpaired) electrons. The molecule has 0 fully saturated rings. The number of hydrogen-bond donors (Lipinski definition) is 0. The van der Waals surface area contributed by atoms with Gasteiger partial charge in [0.15, 0.2) is 0 Å². The molecule has 25 heavy (non-hydrogen) atoms. The zero-order valence-corrected chi connectivity index (χ0v) is 13.2. The highest BCUT2D eigenvalue weighted by Crippen LogP contribution is 2.22. The first-order valence-corrected chi connectivity index (χ1v) is 7.81. The Morgan fingerprint density at radius 1 is 0.920 bits per heavy atom. The molecular weight excluding hydrogens is 316 g/mol. The first-order chi connectivity index (χ1) is 12.2. The van der Waals surface area contributed by atoms with Gasteiger partial charge < -0.3 is 4.90 Å². The van der Waals surface area contributed by atoms with Crippen molar-refractivity contribution in [2.45, 2.75) is 6.54 Å². The molecule has 0 saturated heterocycles. The summed E-state index contributed by atoms with van der Waals surface area (Å²) in [6.45, 7) is 0.743. The normalized spacial score (nSPS) is 12.9. The van der Waals surface area contributed by atoms with E-state index in [1.807, 2.05) is 47.7 Å². The fraction of sp³-hybridized carbons (Fsp3) is 0.0526. The first kappa shape index (κ1) is 15.0. The summed E-state index contributed by atoms with van der Waals surface area (Å²) in [7, 11) is 0. The van der Waals surface area contributed by atoms with Crippen molar-refractivity contribution >= 4 is 28.9 Å². The van der Waals surface area contributed by atoms with Crippen LogP contribution in [0.3, 0.4) is 0 Å². The number of hydrogen-bond acceptors (Lipinski definition) is 5. The van der Waals surface area contributed by atoms with E-state index >= 15 is 0 Å². The van der Waals surface area contributed by atoms with Crippen molar-refractivity contribution in [1.29, 1.82) is 0 Å². The van der Waals surface area contributed by atoms with Crippen LogP contribution in [0.5, 0.6) is 0 Å². The third-order valence-corrected chi connectivity index (χ3v) is 3.97. The SMILES string of the molecule is O=[N+]([O-])c1ccc2nc3c(nc2c1)C=CN(Cc1ccccc1)C=C3. The summed E-state index contributed by atoms with van der Waals surface area (Å²) in [4.78, 5) is 21.6. The van der Waals surface area contributed by atoms with Gasteiger partial charge in [-0.25, -0.2) is 9.97 Å². The molecule has 0 bridgehead atoms. The monoisotopic (exact) mass is 330 g/mol. The van der Waals surface area contributed by atoms with Crippen molar-refractivity contribution in [2.75, 3.05) is 0 Å². The topological polar surface area (TPSA) is 72.2 Å². The Morgan fingerprint density at radius 3 is 2.28 bits per heavy atom. The van der Waals surface area contributed by atoms with Crippen LogP contribution in [0.1, 0.15) is 17.0 Å². The first-order valence-electron chi connectivity index (χ1n) is 7.81. The van der Waals surface area contributed by atoms with Crippen LogP contribution in [0.2, 0.25) is 0 Å². The Hall–Kier alpha value is -3.54. The summed E-state index contributed by atoms with van der Waals surface area (Å²) >= 11 is 0. The summed E-state index contributed by atoms with van der Waals surface area (Å²) in [6.07, 6.45) is 7.68. The van der Waals surface area contributed by atoms with Gasteiger partial charge in [0.05, 0.1) is 27.3 Å². The lowest BCUT2D eigenvalue weighted by molar-refractivity contribution is -0.384. The predicted molar refractivity (Wildman–Crippen MR) is 96.2 cm³/mol. The van der Waals surface area contributed by atoms with Gasteiger partial charge >= 0.3 is 0 Å². The number of nitro benzene ring substituents is 1. The van der Waals surface area contributed by atoms with E-state index in [9.17, 15) is 10.1 Å². The van der Waals surface area contributed by atoms with Gasteiger partial charge in [-0.15, -0.1) is 0 Å². The van der Waals surface area contributed by atoms with Crippen molar-refractivity contribution in [3.63, 3.8) is 0 Å². The van der Waals surface area contributed by atoms with Crippen molar-refractivity contribution in [3.8, 4) is 0 Å². The summed E-state index contributed by atoms with van der Waals surface area (Å²) < 4.78 is 0. The maximum atomic E-state index is 10.9. The molecule has 4 rings (SSSR count). The molecule has 1 aromatic heterocycles. The van der Waals surface area contributed by atoms with Crippen LogP contribution in [0.25, 0.3) is 23.2 Å². The number of nitrogens with zero attached hydrogens (tertiary/aromatic N) is 4. The Bertz CT molecular complexity index is 1010. The lowest BCUT2D eigenvalue weighted by Gasteiger charge is -2.14. The lowest BCUT2D eigenvalue weighted by Crippen LogP contribution is -2.07. The van der Waals surface area contributed by atoms with Gasteiger partial charge in [0.25, 0.3) is 5.69 Å². The van der Waals surface area contributed by atoms with E-state index < -0.39 is 4.92 Å². The smallest absolute Gasteiger partial charge is 0.271 e. The van der Waals surface area contributed by atoms with Gasteiger partial charge in [-0.3, -0.25) is 10.1 Å². The molecule has 0 amide bonds. The highest BCUT2D eigenvalue weighted by atomic mass is 16.6. The maximum Gasteiger partial charge on any atom is 0.271 e. The molecule has 0 N–H and O–H groups in total. The molecule has 6 heteroatoms. The maximum absolute atomic E-state index is 10.9. The van der Waals surface area contributed by atoms with E-state index in [-0.39, 0.29) is 5.69 Å². The van der Waals surface area contributed by atoms with Gasteiger partial charge in [0.1, 0.15) is 0 Å². The van der Waals surface area contributed by atoms with E-state index in [4.69, 9.17) is 0 Å². The number of aromatic nitrogens is 2. The fourth-order valence-electron chi connectivity index (χ4n) is 2.71. The summed E-state index contributed by atoms with van der Waals surface area (Å²) in [5, 5.41) is 10.9. The lowest BCUT2D eigenvalue weighted by atomic mass is 10.2. The average molecular weight is 330 g/mol. The highest BCUT2D eigenvalue weighted by molar-refractivity contribution is 5.80. The van der Waals surface area contributed by atoms with E-state index in [0.717, 1.165) is 12.2 Å². The second-order valence-electron chi connectivity index (χ2n) is 5.71. The molecule has 0 saturated carbocycles. The number of non-ortho nitro benzene ring substituents is 1. The van der Waals surface area contributed by atoms with Gasteiger partial charge in [0, 0.05) is 31.1 Å². The van der Waals surface area contributed by atoms with Gasteiger partial charge in [-0.2, -0.15) is 0 Å². The van der Waals surface area contributed by atoms with Crippen molar-refractivity contribution in [3.05, 3.63) is 88.0 Å². The Morgan fingerprint density at radius 2 is 1.60 bits per heavy atom. The second kappa shape index (κ2) is 6.16. The van der Waals surface area contributed by atoms with Crippen molar-refractivity contribution in [1.82, 2.24) is 14.9 Å². The molecule has 0 aliphatic carbocycles. The van der Waals surface area contributed by atoms with Gasteiger partial charge in [0.2, 0.25) is 0 Å². The third kappa shape index (κ3) is 3.10. The number of fused-ring (bicyclic) bond motifs is 2. The molecule has 1 aliphatic rings. The van der Waals surface area contributed by atoms with E-state index in [1.54, 1.807) is 6.07 Å². The molecule has 6 nitrogen and oxygen atoms in total. The molecule has 0 spiro atoms. The molecule has 122 valence electrons. The minimum atomic E-state index is -0.426. The molecule has 0 atom stereocenters. The highest BCUT2D eigenvalue weighted by Gasteiger charge is 2.12. The van der Waals surface area contributed by atoms with Crippen LogP contribution in [0.15, 0.2) is 60.9 Å². The van der Waals surface area contributed by atoms with Crippen LogP contribution in [0, 0.1) is 10.1 Å². The van der Waals surface area contributed by atoms with E-state index in [0.29, 0.717) is 16.7 Å². The molecular formula is C19H14N4O2. The largest absolute Gasteiger partial charge is 0.350 e. The standard InChI is InChI=1S/C19H14N4O2/c24-23(25)15-6-7-16-19(12-15)21-18-9-11-22(10-8-17(18)20-16)13-14-4-2-1-3-5-14/h1-12H,13H2. The fourth-order valence-corrected chi connectivity index (χ4v) is 2.71. The van der Waals surface area contributed by atoms with Crippen LogP contribution in [-0.2, 0) is 6.54 Å². The third-order valence-electron chi connectivity index (χ3n) is 3.97. The molecule has 3 aromatic rings. The number of nitro groups is 1. The number of benzene rings is 2. The van der Waals surface area contributed by atoms with Crippen LogP contribution < -0.4 is 0 Å². The molecule has 2 heterocycles. The minimum absolute atomic E-state index is 0.0144. The van der Waals surface area contributed by atoms with Gasteiger partial charge in [-0.05, 0) is 23.8 Å². The molecule has 0 unspecified atom stereocenters. The van der Waals surface area contributed by atoms with Gasteiger partial charge in [-0.1, -0.05) is 30.3 Å². The zero-order valence-electron chi connectivity index (χ0n) is 13.2. The summed E-state index contributed by atoms with van der Waals surface area (Å²) in [6, 6.07) is 14.7. The number of rotatable bonds is 3. The Balaban J connectivity index is 1.68. The van der Waals surface area contributed by atoms with E-state index in [2.05, 4.69) is 22.1 Å². The average Bonchev–Trinajstić information content (AvgIpc) is 2.82. The Kier molecular flexibility index (Phi) is 3.70. The summed E-state index contributed by atoms with van der Waals surface area (Å²) in [5.41, 5.74) is 3.81. The predicted octanol–water partition coefficient (Wildman–Crippen LogP) is 4.00. The second-order valence-corrected chi connectivity index (χ2v) is 5.71. The molecule has 2 aromatic carbocycles. The summed E-state index contributed by atoms with van der Waals surface area (Å²) in [5.74, 6) is 0. The van der Waals surface area contributed by atoms with Crippen molar-refractivity contribution in [2.24, 2.45) is 0 Å². The van der Waals surface area contributed by atoms with Crippen LogP contribution in [0.4, 0.5) is 5.69 Å². The van der Waals surface area contributed by atoms with Crippen LogP contribution in [-0.4, -0.2) is 19.8 Å². The van der Waals surface area contributed by atoms with Crippen LogP contribution >= 0.6 is 0 Å². The Labute approximate surface area is 143 Å². The minimum Gasteiger partial charge on any atom is -0.350 e. The van der Waals surface area contributed by atoms with Crippen molar-refractivity contribution < 1.29 is 4.92 Å². The van der Waals surface area contributed by atoms with E-state index in [1.165, 1.54) is 17.7 Å². The quantitative estimate of drug-likeness (QED) is 0.536. The molecule has 1 aliphatic heterocycles.